The molecule has 0 bridgehead atoms. The number of hydrogen-bond donors (Lipinski definition) is 1. The first kappa shape index (κ1) is 25.1. The third-order valence-corrected chi connectivity index (χ3v) is 6.12. The number of para-hydroxylation sites is 1. The Morgan fingerprint density at radius 2 is 1.86 bits per heavy atom. The molecule has 0 saturated carbocycles. The van der Waals surface area contributed by atoms with E-state index in [0.717, 1.165) is 29.7 Å². The summed E-state index contributed by atoms with van der Waals surface area (Å²) in [5.74, 6) is -1.83. The molecule has 4 rings (SSSR count). The lowest BCUT2D eigenvalue weighted by molar-refractivity contribution is -0.137. The number of ether oxygens (including phenoxy) is 1. The van der Waals surface area contributed by atoms with Gasteiger partial charge in [-0.2, -0.15) is 5.10 Å². The quantitative estimate of drug-likeness (QED) is 0.458. The van der Waals surface area contributed by atoms with Gasteiger partial charge in [-0.05, 0) is 68.5 Å². The summed E-state index contributed by atoms with van der Waals surface area (Å²) in [5, 5.41) is 7.24. The van der Waals surface area contributed by atoms with Gasteiger partial charge in [0, 0.05) is 23.5 Å². The summed E-state index contributed by atoms with van der Waals surface area (Å²) in [6, 6.07) is 13.3. The summed E-state index contributed by atoms with van der Waals surface area (Å²) in [5.41, 5.74) is 4.10. The summed E-state index contributed by atoms with van der Waals surface area (Å²) in [6.45, 7) is 3.50. The lowest BCUT2D eigenvalue weighted by Gasteiger charge is -2.21. The average Bonchev–Trinajstić information content (AvgIpc) is 3.47. The van der Waals surface area contributed by atoms with Crippen LogP contribution >= 0.6 is 0 Å². The summed E-state index contributed by atoms with van der Waals surface area (Å²) in [4.78, 5) is 39.6. The molecule has 1 aliphatic carbocycles. The van der Waals surface area contributed by atoms with E-state index in [2.05, 4.69) is 10.4 Å². The van der Waals surface area contributed by atoms with Gasteiger partial charge in [0.1, 0.15) is 5.82 Å². The maximum Gasteiger partial charge on any atom is 0.359 e. The maximum absolute atomic E-state index is 13.3. The topological polar surface area (TPSA) is 93.5 Å². The van der Waals surface area contributed by atoms with E-state index in [9.17, 15) is 18.8 Å². The second kappa shape index (κ2) is 11.2. The first-order valence-electron chi connectivity index (χ1n) is 12.0. The lowest BCUT2D eigenvalue weighted by atomic mass is 10.2. The number of esters is 1. The molecule has 0 aliphatic heterocycles. The molecule has 1 heterocycles. The highest BCUT2D eigenvalue weighted by molar-refractivity contribution is 5.96. The number of fused-ring (bicyclic) bond motifs is 1. The smallest absolute Gasteiger partial charge is 0.359 e. The van der Waals surface area contributed by atoms with Gasteiger partial charge in [-0.15, -0.1) is 0 Å². The molecule has 9 heteroatoms. The number of halogens is 1. The zero-order chi connectivity index (χ0) is 25.7. The van der Waals surface area contributed by atoms with Crippen molar-refractivity contribution in [1.29, 1.82) is 0 Å². The van der Waals surface area contributed by atoms with Gasteiger partial charge in [-0.25, -0.2) is 13.9 Å². The molecule has 1 N–H and O–H groups in total. The molecule has 0 fully saturated rings. The molecule has 1 aromatic heterocycles. The van der Waals surface area contributed by atoms with Crippen LogP contribution in [0.15, 0.2) is 48.5 Å². The van der Waals surface area contributed by atoms with Crippen molar-refractivity contribution in [2.75, 3.05) is 25.0 Å². The number of benzene rings is 2. The van der Waals surface area contributed by atoms with E-state index < -0.39 is 18.5 Å². The van der Waals surface area contributed by atoms with E-state index in [1.165, 1.54) is 17.0 Å². The van der Waals surface area contributed by atoms with Gasteiger partial charge in [-0.1, -0.05) is 25.1 Å². The minimum Gasteiger partial charge on any atom is -0.451 e. The second-order valence-electron chi connectivity index (χ2n) is 8.77. The van der Waals surface area contributed by atoms with E-state index in [4.69, 9.17) is 4.74 Å². The number of nitrogens with one attached hydrogen (secondary N) is 1. The second-order valence-corrected chi connectivity index (χ2v) is 8.77. The number of anilines is 1. The van der Waals surface area contributed by atoms with Gasteiger partial charge >= 0.3 is 5.97 Å². The summed E-state index contributed by atoms with van der Waals surface area (Å²) >= 11 is 0. The number of nitrogens with zero attached hydrogens (tertiary/aromatic N) is 3. The summed E-state index contributed by atoms with van der Waals surface area (Å²) in [6.07, 6.45) is 2.93. The van der Waals surface area contributed by atoms with Crippen LogP contribution < -0.4 is 5.32 Å². The number of aromatic nitrogens is 2. The predicted molar refractivity (Wildman–Crippen MR) is 133 cm³/mol. The Balaban J connectivity index is 1.41. The van der Waals surface area contributed by atoms with Crippen LogP contribution in [0.25, 0.3) is 5.69 Å². The summed E-state index contributed by atoms with van der Waals surface area (Å²) in [7, 11) is 0. The molecular weight excluding hydrogens is 463 g/mol. The van der Waals surface area contributed by atoms with Gasteiger partial charge in [0.25, 0.3) is 5.91 Å². The van der Waals surface area contributed by atoms with Crippen molar-refractivity contribution >= 4 is 23.5 Å². The zero-order valence-corrected chi connectivity index (χ0v) is 20.4. The van der Waals surface area contributed by atoms with Crippen molar-refractivity contribution < 1.29 is 23.5 Å². The summed E-state index contributed by atoms with van der Waals surface area (Å²) < 4.78 is 20.3. The molecule has 2 amide bonds. The minimum atomic E-state index is -0.692. The molecular formula is C27H29FN4O4. The monoisotopic (exact) mass is 492 g/mol. The third-order valence-electron chi connectivity index (χ3n) is 6.12. The van der Waals surface area contributed by atoms with Crippen LogP contribution in [0.4, 0.5) is 10.1 Å². The standard InChI is InChI=1S/C27H29FN4O4/c1-3-15-31(16-24(33)29-22-9-5-4-7-18(22)2)25(34)17-36-27(35)26-21-8-6-10-23(21)32(30-26)20-13-11-19(28)12-14-20/h4-5,7,9,11-14H,3,6,8,10,15-17H2,1-2H3,(H,29,33). The van der Waals surface area contributed by atoms with Crippen LogP contribution in [0, 0.1) is 12.7 Å². The highest BCUT2D eigenvalue weighted by atomic mass is 19.1. The van der Waals surface area contributed by atoms with E-state index in [0.29, 0.717) is 30.8 Å². The molecule has 0 radical (unpaired) electrons. The number of aryl methyl sites for hydroxylation is 1. The SMILES string of the molecule is CCCN(CC(=O)Nc1ccccc1C)C(=O)COC(=O)c1nn(-c2ccc(F)cc2)c2c1CCC2. The van der Waals surface area contributed by atoms with E-state index in [1.807, 2.05) is 32.0 Å². The molecule has 188 valence electrons. The van der Waals surface area contributed by atoms with E-state index in [-0.39, 0.29) is 24.0 Å². The number of amides is 2. The van der Waals surface area contributed by atoms with Crippen LogP contribution in [-0.4, -0.2) is 52.2 Å². The highest BCUT2D eigenvalue weighted by Gasteiger charge is 2.29. The van der Waals surface area contributed by atoms with Crippen LogP contribution in [0.2, 0.25) is 0 Å². The van der Waals surface area contributed by atoms with E-state index in [1.54, 1.807) is 22.9 Å². The fourth-order valence-electron chi connectivity index (χ4n) is 4.32. The molecule has 8 nitrogen and oxygen atoms in total. The first-order valence-corrected chi connectivity index (χ1v) is 12.0. The fraction of sp³-hybridized carbons (Fsp3) is 0.333. The van der Waals surface area contributed by atoms with Crippen LogP contribution in [0.1, 0.15) is 47.1 Å². The number of rotatable bonds is 9. The number of carbonyl (C=O) groups excluding carboxylic acids is 3. The van der Waals surface area contributed by atoms with Crippen LogP contribution in [0.5, 0.6) is 0 Å². The van der Waals surface area contributed by atoms with Crippen molar-refractivity contribution in [3.05, 3.63) is 76.9 Å². The Hall–Kier alpha value is -4.01. The predicted octanol–water partition coefficient (Wildman–Crippen LogP) is 3.84. The Kier molecular flexibility index (Phi) is 7.77. The number of hydrogen-bond acceptors (Lipinski definition) is 5. The van der Waals surface area contributed by atoms with Gasteiger partial charge in [-0.3, -0.25) is 9.59 Å². The normalized spacial score (nSPS) is 12.2. The Morgan fingerprint density at radius 1 is 1.11 bits per heavy atom. The average molecular weight is 493 g/mol. The van der Waals surface area contributed by atoms with Crippen LogP contribution in [0.3, 0.4) is 0 Å². The third kappa shape index (κ3) is 5.62. The van der Waals surface area contributed by atoms with Gasteiger partial charge in [0.2, 0.25) is 5.91 Å². The highest BCUT2D eigenvalue weighted by Crippen LogP contribution is 2.28. The first-order chi connectivity index (χ1) is 17.4. The van der Waals surface area contributed by atoms with Crippen molar-refractivity contribution in [2.24, 2.45) is 0 Å². The number of carbonyl (C=O) groups is 3. The maximum atomic E-state index is 13.3. The Labute approximate surface area is 209 Å². The fourth-order valence-corrected chi connectivity index (χ4v) is 4.32. The molecule has 36 heavy (non-hydrogen) atoms. The molecule has 0 spiro atoms. The zero-order valence-electron chi connectivity index (χ0n) is 20.4. The van der Waals surface area contributed by atoms with Crippen LogP contribution in [-0.2, 0) is 27.2 Å². The Bertz CT molecular complexity index is 1270. The van der Waals surface area contributed by atoms with Crippen molar-refractivity contribution in [3.8, 4) is 5.69 Å². The van der Waals surface area contributed by atoms with Gasteiger partial charge in [0.15, 0.2) is 12.3 Å². The molecule has 0 atom stereocenters. The van der Waals surface area contributed by atoms with Crippen molar-refractivity contribution in [1.82, 2.24) is 14.7 Å². The molecule has 1 aliphatic rings. The van der Waals surface area contributed by atoms with E-state index >= 15 is 0 Å². The van der Waals surface area contributed by atoms with Crippen molar-refractivity contribution in [3.63, 3.8) is 0 Å². The molecule has 0 unspecified atom stereocenters. The minimum absolute atomic E-state index is 0.146. The largest absolute Gasteiger partial charge is 0.451 e. The molecule has 0 saturated heterocycles. The van der Waals surface area contributed by atoms with Gasteiger partial charge in [0.05, 0.1) is 12.2 Å². The molecule has 3 aromatic rings. The lowest BCUT2D eigenvalue weighted by Crippen LogP contribution is -2.40. The van der Waals surface area contributed by atoms with Gasteiger partial charge < -0.3 is 15.0 Å². The Morgan fingerprint density at radius 3 is 2.58 bits per heavy atom. The van der Waals surface area contributed by atoms with Crippen molar-refractivity contribution in [2.45, 2.75) is 39.5 Å². The molecule has 2 aromatic carbocycles.